The molecule has 8 heteroatoms. The molecule has 116 valence electrons. The van der Waals surface area contributed by atoms with Crippen LogP contribution in [0, 0.1) is 16.0 Å². The zero-order chi connectivity index (χ0) is 15.1. The highest BCUT2D eigenvalue weighted by Gasteiger charge is 2.23. The van der Waals surface area contributed by atoms with Gasteiger partial charge in [-0.2, -0.15) is 11.8 Å². The molecule has 0 bridgehead atoms. The lowest BCUT2D eigenvalue weighted by atomic mass is 10.0. The molecule has 1 aromatic heterocycles. The number of rotatable bonds is 7. The lowest BCUT2D eigenvalue weighted by Gasteiger charge is -2.21. The Bertz CT molecular complexity index is 480. The molecule has 1 aliphatic rings. The van der Waals surface area contributed by atoms with Crippen molar-refractivity contribution in [2.75, 3.05) is 35.2 Å². The molecule has 0 saturated carbocycles. The first-order chi connectivity index (χ1) is 10.2. The number of nitrogens with one attached hydrogen (secondary N) is 2. The molecule has 21 heavy (non-hydrogen) atoms. The molecule has 0 radical (unpaired) electrons. The number of aromatic nitrogens is 2. The lowest BCUT2D eigenvalue weighted by molar-refractivity contribution is -0.383. The van der Waals surface area contributed by atoms with E-state index in [9.17, 15) is 10.1 Å². The first-order valence-electron chi connectivity index (χ1n) is 7.27. The number of hydrogen-bond donors (Lipinski definition) is 2. The average Bonchev–Trinajstić information content (AvgIpc) is 2.51. The molecular formula is C13H21N5O2S. The molecular weight excluding hydrogens is 290 g/mol. The second-order valence-electron chi connectivity index (χ2n) is 5.04. The van der Waals surface area contributed by atoms with Crippen LogP contribution in [-0.2, 0) is 0 Å². The summed E-state index contributed by atoms with van der Waals surface area (Å²) in [5.74, 6) is 3.50. The summed E-state index contributed by atoms with van der Waals surface area (Å²) in [4.78, 5) is 18.9. The minimum Gasteiger partial charge on any atom is -0.364 e. The average molecular weight is 311 g/mol. The Labute approximate surface area is 128 Å². The Hall–Kier alpha value is -1.57. The van der Waals surface area contributed by atoms with Crippen molar-refractivity contribution in [2.45, 2.75) is 26.2 Å². The zero-order valence-electron chi connectivity index (χ0n) is 12.2. The van der Waals surface area contributed by atoms with Gasteiger partial charge in [0.2, 0.25) is 11.6 Å². The molecule has 1 saturated heterocycles. The summed E-state index contributed by atoms with van der Waals surface area (Å²) >= 11 is 1.97. The Morgan fingerprint density at radius 1 is 1.33 bits per heavy atom. The highest BCUT2D eigenvalue weighted by atomic mass is 32.2. The molecule has 0 spiro atoms. The molecule has 2 heterocycles. The van der Waals surface area contributed by atoms with E-state index in [2.05, 4.69) is 20.6 Å². The summed E-state index contributed by atoms with van der Waals surface area (Å²) in [5, 5.41) is 17.4. The summed E-state index contributed by atoms with van der Waals surface area (Å²) in [6, 6.07) is 0. The lowest BCUT2D eigenvalue weighted by Crippen LogP contribution is -2.20. The standard InChI is InChI=1S/C13H21N5O2S/c1-2-5-14-12-11(18(19)20)13(17-9-16-12)15-8-10-3-6-21-7-4-10/h9-10H,2-8H2,1H3,(H2,14,15,16,17). The van der Waals surface area contributed by atoms with Gasteiger partial charge in [-0.15, -0.1) is 0 Å². The third-order valence-electron chi connectivity index (χ3n) is 3.45. The van der Waals surface area contributed by atoms with Gasteiger partial charge in [-0.05, 0) is 36.7 Å². The van der Waals surface area contributed by atoms with Gasteiger partial charge in [-0.1, -0.05) is 6.92 Å². The molecule has 0 amide bonds. The molecule has 1 aliphatic heterocycles. The molecule has 2 N–H and O–H groups in total. The van der Waals surface area contributed by atoms with E-state index in [0.717, 1.165) is 25.8 Å². The van der Waals surface area contributed by atoms with Crippen LogP contribution in [0.25, 0.3) is 0 Å². The van der Waals surface area contributed by atoms with E-state index >= 15 is 0 Å². The van der Waals surface area contributed by atoms with Gasteiger partial charge in [0.25, 0.3) is 0 Å². The quantitative estimate of drug-likeness (QED) is 0.590. The maximum atomic E-state index is 11.3. The summed E-state index contributed by atoms with van der Waals surface area (Å²) in [5.41, 5.74) is -0.0591. The number of nitrogens with zero attached hydrogens (tertiary/aromatic N) is 3. The van der Waals surface area contributed by atoms with E-state index in [1.54, 1.807) is 0 Å². The van der Waals surface area contributed by atoms with Crippen LogP contribution in [0.4, 0.5) is 17.3 Å². The Kier molecular flexibility index (Phi) is 6.04. The highest BCUT2D eigenvalue weighted by Crippen LogP contribution is 2.30. The predicted octanol–water partition coefficient (Wildman–Crippen LogP) is 2.76. The molecule has 0 unspecified atom stereocenters. The van der Waals surface area contributed by atoms with Gasteiger partial charge in [-0.25, -0.2) is 9.97 Å². The highest BCUT2D eigenvalue weighted by molar-refractivity contribution is 7.99. The molecule has 1 fully saturated rings. The Morgan fingerprint density at radius 3 is 2.62 bits per heavy atom. The maximum absolute atomic E-state index is 11.3. The van der Waals surface area contributed by atoms with Crippen molar-refractivity contribution >= 4 is 29.1 Å². The minimum atomic E-state index is -0.420. The van der Waals surface area contributed by atoms with E-state index in [-0.39, 0.29) is 5.69 Å². The molecule has 0 atom stereocenters. The van der Waals surface area contributed by atoms with Crippen molar-refractivity contribution in [3.8, 4) is 0 Å². The number of thioether (sulfide) groups is 1. The van der Waals surface area contributed by atoms with Gasteiger partial charge < -0.3 is 10.6 Å². The van der Waals surface area contributed by atoms with E-state index in [1.807, 2.05) is 18.7 Å². The third kappa shape index (κ3) is 4.45. The van der Waals surface area contributed by atoms with Crippen LogP contribution >= 0.6 is 11.8 Å². The topological polar surface area (TPSA) is 93.0 Å². The first kappa shape index (κ1) is 15.8. The van der Waals surface area contributed by atoms with Crippen molar-refractivity contribution < 1.29 is 4.92 Å². The largest absolute Gasteiger partial charge is 0.364 e. The molecule has 7 nitrogen and oxygen atoms in total. The van der Waals surface area contributed by atoms with Crippen LogP contribution < -0.4 is 10.6 Å². The summed E-state index contributed by atoms with van der Waals surface area (Å²) in [6.07, 6.45) is 4.54. The first-order valence-corrected chi connectivity index (χ1v) is 8.42. The summed E-state index contributed by atoms with van der Waals surface area (Å²) in [6.45, 7) is 3.38. The van der Waals surface area contributed by atoms with Gasteiger partial charge in [0, 0.05) is 13.1 Å². The molecule has 2 rings (SSSR count). The summed E-state index contributed by atoms with van der Waals surface area (Å²) < 4.78 is 0. The zero-order valence-corrected chi connectivity index (χ0v) is 13.0. The van der Waals surface area contributed by atoms with Gasteiger partial charge in [0.1, 0.15) is 6.33 Å². The van der Waals surface area contributed by atoms with E-state index in [4.69, 9.17) is 0 Å². The number of hydrogen-bond acceptors (Lipinski definition) is 7. The van der Waals surface area contributed by atoms with Crippen LogP contribution in [0.1, 0.15) is 26.2 Å². The SMILES string of the molecule is CCCNc1ncnc(NCC2CCSCC2)c1[N+](=O)[O-]. The van der Waals surface area contributed by atoms with Crippen LogP contribution in [0.5, 0.6) is 0 Å². The van der Waals surface area contributed by atoms with Crippen LogP contribution in [-0.4, -0.2) is 39.5 Å². The maximum Gasteiger partial charge on any atom is 0.353 e. The monoisotopic (exact) mass is 311 g/mol. The predicted molar refractivity (Wildman–Crippen MR) is 86.0 cm³/mol. The van der Waals surface area contributed by atoms with Crippen LogP contribution in [0.15, 0.2) is 6.33 Å². The van der Waals surface area contributed by atoms with Crippen molar-refractivity contribution in [1.29, 1.82) is 0 Å². The second-order valence-corrected chi connectivity index (χ2v) is 6.26. The molecule has 0 aliphatic carbocycles. The van der Waals surface area contributed by atoms with E-state index < -0.39 is 4.92 Å². The minimum absolute atomic E-state index is 0.0591. The molecule has 1 aromatic rings. The third-order valence-corrected chi connectivity index (χ3v) is 4.50. The van der Waals surface area contributed by atoms with E-state index in [1.165, 1.54) is 17.8 Å². The van der Waals surface area contributed by atoms with Crippen molar-refractivity contribution in [3.63, 3.8) is 0 Å². The van der Waals surface area contributed by atoms with Gasteiger partial charge >= 0.3 is 5.69 Å². The van der Waals surface area contributed by atoms with Crippen molar-refractivity contribution in [3.05, 3.63) is 16.4 Å². The summed E-state index contributed by atoms with van der Waals surface area (Å²) in [7, 11) is 0. The Balaban J connectivity index is 2.07. The van der Waals surface area contributed by atoms with Crippen LogP contribution in [0.3, 0.4) is 0 Å². The van der Waals surface area contributed by atoms with Crippen LogP contribution in [0.2, 0.25) is 0 Å². The fourth-order valence-corrected chi connectivity index (χ4v) is 3.45. The Morgan fingerprint density at radius 2 is 2.00 bits per heavy atom. The smallest absolute Gasteiger partial charge is 0.353 e. The van der Waals surface area contributed by atoms with Gasteiger partial charge in [0.05, 0.1) is 4.92 Å². The van der Waals surface area contributed by atoms with Gasteiger partial charge in [0.15, 0.2) is 0 Å². The van der Waals surface area contributed by atoms with E-state index in [0.29, 0.717) is 24.1 Å². The fraction of sp³-hybridized carbons (Fsp3) is 0.692. The number of nitro groups is 1. The fourth-order valence-electron chi connectivity index (χ4n) is 2.25. The normalized spacial score (nSPS) is 15.7. The van der Waals surface area contributed by atoms with Crippen molar-refractivity contribution in [2.24, 2.45) is 5.92 Å². The molecule has 0 aromatic carbocycles. The van der Waals surface area contributed by atoms with Gasteiger partial charge in [-0.3, -0.25) is 10.1 Å². The number of anilines is 2. The second kappa shape index (κ2) is 8.02. The van der Waals surface area contributed by atoms with Crippen molar-refractivity contribution in [1.82, 2.24) is 9.97 Å².